The Morgan fingerprint density at radius 1 is 1.19 bits per heavy atom. The average molecular weight is 375 g/mol. The van der Waals surface area contributed by atoms with Crippen LogP contribution in [0.1, 0.15) is 48.8 Å². The summed E-state index contributed by atoms with van der Waals surface area (Å²) in [5.74, 6) is 1.66. The molecule has 1 aromatic heterocycles. The number of para-hydroxylation sites is 1. The Morgan fingerprint density at radius 2 is 1.92 bits per heavy atom. The van der Waals surface area contributed by atoms with E-state index in [1.807, 2.05) is 25.1 Å². The number of hydrogen-bond acceptors (Lipinski definition) is 4. The lowest BCUT2D eigenvalue weighted by atomic mass is 10.1. The minimum absolute atomic E-state index is 0.233. The Morgan fingerprint density at radius 3 is 2.54 bits per heavy atom. The number of aryl methyl sites for hydroxylation is 2. The molecule has 2 N–H and O–H groups in total. The molecule has 0 spiro atoms. The number of thiazole rings is 1. The summed E-state index contributed by atoms with van der Waals surface area (Å²) >= 11 is 1.72. The summed E-state index contributed by atoms with van der Waals surface area (Å²) < 4.78 is 6.05. The molecule has 1 aromatic carbocycles. The van der Waals surface area contributed by atoms with E-state index in [0.29, 0.717) is 13.1 Å². The highest BCUT2D eigenvalue weighted by atomic mass is 32.1. The van der Waals surface area contributed by atoms with Gasteiger partial charge in [0.2, 0.25) is 0 Å². The van der Waals surface area contributed by atoms with E-state index in [0.717, 1.165) is 34.5 Å². The second kappa shape index (κ2) is 9.03. The van der Waals surface area contributed by atoms with Crippen molar-refractivity contribution in [2.45, 2.75) is 60.2 Å². The number of rotatable bonds is 6. The molecule has 0 saturated carbocycles. The monoisotopic (exact) mass is 374 g/mol. The van der Waals surface area contributed by atoms with Crippen LogP contribution in [0, 0.1) is 13.8 Å². The van der Waals surface area contributed by atoms with Gasteiger partial charge < -0.3 is 15.4 Å². The van der Waals surface area contributed by atoms with Crippen molar-refractivity contribution in [3.8, 4) is 5.75 Å². The van der Waals surface area contributed by atoms with Crippen LogP contribution >= 0.6 is 11.3 Å². The van der Waals surface area contributed by atoms with Crippen molar-refractivity contribution in [1.29, 1.82) is 0 Å². The largest absolute Gasteiger partial charge is 0.488 e. The molecule has 0 atom stereocenters. The minimum Gasteiger partial charge on any atom is -0.488 e. The molecule has 142 valence electrons. The maximum Gasteiger partial charge on any atom is 0.191 e. The molecule has 2 rings (SSSR count). The van der Waals surface area contributed by atoms with Gasteiger partial charge >= 0.3 is 0 Å². The van der Waals surface area contributed by atoms with Gasteiger partial charge in [-0.2, -0.15) is 0 Å². The zero-order valence-electron chi connectivity index (χ0n) is 16.6. The van der Waals surface area contributed by atoms with Crippen molar-refractivity contribution in [3.63, 3.8) is 0 Å². The number of aliphatic imine (C=N–C) groups is 1. The van der Waals surface area contributed by atoms with Gasteiger partial charge in [-0.3, -0.25) is 0 Å². The first-order valence-corrected chi connectivity index (χ1v) is 9.82. The Bertz CT molecular complexity index is 727. The second-order valence-electron chi connectivity index (χ2n) is 7.12. The molecule has 0 bridgehead atoms. The number of ether oxygens (including phenoxy) is 1. The zero-order valence-corrected chi connectivity index (χ0v) is 17.5. The Kier molecular flexibility index (Phi) is 7.03. The standard InChI is InChI=1S/C20H30N4OS/c1-7-21-19(23-13-18-24-14(2)15(3)26-18)22-12-16-10-8-9-11-17(16)25-20(4,5)6/h8-11H,7,12-13H2,1-6H3,(H2,21,22,23). The molecule has 0 aliphatic carbocycles. The second-order valence-corrected chi connectivity index (χ2v) is 8.41. The van der Waals surface area contributed by atoms with Gasteiger partial charge in [0, 0.05) is 17.0 Å². The van der Waals surface area contributed by atoms with Gasteiger partial charge in [-0.05, 0) is 47.6 Å². The summed E-state index contributed by atoms with van der Waals surface area (Å²) in [6.45, 7) is 14.4. The van der Waals surface area contributed by atoms with Crippen LogP contribution in [0.5, 0.6) is 5.75 Å². The molecule has 6 heteroatoms. The highest BCUT2D eigenvalue weighted by Gasteiger charge is 2.14. The summed E-state index contributed by atoms with van der Waals surface area (Å²) in [6, 6.07) is 8.06. The fourth-order valence-electron chi connectivity index (χ4n) is 2.34. The fourth-order valence-corrected chi connectivity index (χ4v) is 3.22. The number of hydrogen-bond donors (Lipinski definition) is 2. The average Bonchev–Trinajstić information content (AvgIpc) is 2.88. The molecule has 0 fully saturated rings. The molecule has 2 aromatic rings. The first-order valence-electron chi connectivity index (χ1n) is 9.00. The Balaban J connectivity index is 2.06. The zero-order chi connectivity index (χ0) is 19.2. The van der Waals surface area contributed by atoms with Crippen LogP contribution in [0.4, 0.5) is 0 Å². The van der Waals surface area contributed by atoms with E-state index in [2.05, 4.69) is 56.3 Å². The summed E-state index contributed by atoms with van der Waals surface area (Å²) in [4.78, 5) is 10.5. The predicted molar refractivity (Wildman–Crippen MR) is 110 cm³/mol. The van der Waals surface area contributed by atoms with E-state index in [1.165, 1.54) is 4.88 Å². The Labute approximate surface area is 160 Å². The highest BCUT2D eigenvalue weighted by Crippen LogP contribution is 2.23. The maximum atomic E-state index is 6.05. The molecule has 0 saturated heterocycles. The van der Waals surface area contributed by atoms with Crippen LogP contribution in [0.2, 0.25) is 0 Å². The number of nitrogens with zero attached hydrogens (tertiary/aromatic N) is 2. The minimum atomic E-state index is -0.233. The van der Waals surface area contributed by atoms with E-state index in [1.54, 1.807) is 11.3 Å². The summed E-state index contributed by atoms with van der Waals surface area (Å²) in [7, 11) is 0. The van der Waals surface area contributed by atoms with Crippen LogP contribution in [0.25, 0.3) is 0 Å². The normalized spacial score (nSPS) is 12.2. The van der Waals surface area contributed by atoms with Gasteiger partial charge in [0.05, 0.1) is 18.8 Å². The van der Waals surface area contributed by atoms with Gasteiger partial charge in [0.1, 0.15) is 16.4 Å². The van der Waals surface area contributed by atoms with Crippen LogP contribution in [-0.2, 0) is 13.1 Å². The van der Waals surface area contributed by atoms with Gasteiger partial charge in [0.15, 0.2) is 5.96 Å². The van der Waals surface area contributed by atoms with Crippen LogP contribution < -0.4 is 15.4 Å². The lowest BCUT2D eigenvalue weighted by Crippen LogP contribution is -2.36. The topological polar surface area (TPSA) is 58.5 Å². The van der Waals surface area contributed by atoms with Crippen LogP contribution in [-0.4, -0.2) is 23.1 Å². The molecule has 5 nitrogen and oxygen atoms in total. The van der Waals surface area contributed by atoms with Crippen molar-refractivity contribution in [2.75, 3.05) is 6.54 Å². The van der Waals surface area contributed by atoms with Crippen molar-refractivity contribution in [3.05, 3.63) is 45.4 Å². The molecule has 0 radical (unpaired) electrons. The fraction of sp³-hybridized carbons (Fsp3) is 0.500. The number of aromatic nitrogens is 1. The van der Waals surface area contributed by atoms with Crippen LogP contribution in [0.3, 0.4) is 0 Å². The summed E-state index contributed by atoms with van der Waals surface area (Å²) in [6.07, 6.45) is 0. The van der Waals surface area contributed by atoms with Crippen molar-refractivity contribution in [1.82, 2.24) is 15.6 Å². The first-order chi connectivity index (χ1) is 12.3. The van der Waals surface area contributed by atoms with Gasteiger partial charge in [-0.1, -0.05) is 18.2 Å². The third kappa shape index (κ3) is 6.33. The highest BCUT2D eigenvalue weighted by molar-refractivity contribution is 7.11. The quantitative estimate of drug-likeness (QED) is 0.588. The van der Waals surface area contributed by atoms with E-state index in [-0.39, 0.29) is 5.60 Å². The lowest BCUT2D eigenvalue weighted by molar-refractivity contribution is 0.129. The molecule has 0 aliphatic heterocycles. The van der Waals surface area contributed by atoms with Crippen LogP contribution in [0.15, 0.2) is 29.3 Å². The van der Waals surface area contributed by atoms with Crippen molar-refractivity contribution in [2.24, 2.45) is 4.99 Å². The van der Waals surface area contributed by atoms with E-state index >= 15 is 0 Å². The molecule has 0 aliphatic rings. The van der Waals surface area contributed by atoms with E-state index in [9.17, 15) is 0 Å². The molecule has 0 amide bonds. The first kappa shape index (κ1) is 20.2. The molecule has 26 heavy (non-hydrogen) atoms. The lowest BCUT2D eigenvalue weighted by Gasteiger charge is -2.23. The molecule has 0 unspecified atom stereocenters. The van der Waals surface area contributed by atoms with E-state index in [4.69, 9.17) is 9.73 Å². The van der Waals surface area contributed by atoms with Gasteiger partial charge in [-0.25, -0.2) is 9.98 Å². The molecule has 1 heterocycles. The third-order valence-electron chi connectivity index (χ3n) is 3.62. The van der Waals surface area contributed by atoms with Gasteiger partial charge in [-0.15, -0.1) is 11.3 Å². The number of benzene rings is 1. The molecular weight excluding hydrogens is 344 g/mol. The van der Waals surface area contributed by atoms with E-state index < -0.39 is 0 Å². The Hall–Kier alpha value is -2.08. The molecular formula is C20H30N4OS. The maximum absolute atomic E-state index is 6.05. The van der Waals surface area contributed by atoms with Gasteiger partial charge in [0.25, 0.3) is 0 Å². The smallest absolute Gasteiger partial charge is 0.191 e. The number of nitrogens with one attached hydrogen (secondary N) is 2. The van der Waals surface area contributed by atoms with Crippen molar-refractivity contribution >= 4 is 17.3 Å². The number of guanidine groups is 1. The summed E-state index contributed by atoms with van der Waals surface area (Å²) in [5, 5.41) is 7.72. The summed E-state index contributed by atoms with van der Waals surface area (Å²) in [5.41, 5.74) is 1.94. The SMILES string of the molecule is CCNC(=NCc1ccccc1OC(C)(C)C)NCc1nc(C)c(C)s1. The third-order valence-corrected chi connectivity index (χ3v) is 4.69. The predicted octanol–water partition coefficient (Wildman–Crippen LogP) is 4.19. The van der Waals surface area contributed by atoms with Crippen molar-refractivity contribution < 1.29 is 4.74 Å².